The van der Waals surface area contributed by atoms with Crippen molar-refractivity contribution in [1.29, 1.82) is 0 Å². The average molecular weight is 351 g/mol. The zero-order valence-corrected chi connectivity index (χ0v) is 16.1. The Labute approximate surface area is 157 Å². The van der Waals surface area contributed by atoms with Gasteiger partial charge in [0.1, 0.15) is 6.04 Å². The molecule has 3 nitrogen and oxygen atoms in total. The minimum atomic E-state index is -0.228. The van der Waals surface area contributed by atoms with E-state index in [9.17, 15) is 4.79 Å². The van der Waals surface area contributed by atoms with E-state index >= 15 is 0 Å². The van der Waals surface area contributed by atoms with E-state index in [0.717, 1.165) is 43.1 Å². The molecule has 3 rings (SSSR count). The fourth-order valence-corrected chi connectivity index (χ4v) is 3.61. The highest BCUT2D eigenvalue weighted by Crippen LogP contribution is 2.28. The molecule has 0 aromatic heterocycles. The number of rotatable bonds is 5. The first-order chi connectivity index (χ1) is 12.5. The number of hydrogen-bond donors (Lipinski definition) is 1. The van der Waals surface area contributed by atoms with Crippen LogP contribution in [0.25, 0.3) is 0 Å². The number of carbonyl (C=O) groups is 1. The summed E-state index contributed by atoms with van der Waals surface area (Å²) in [5.41, 5.74) is 3.22. The monoisotopic (exact) mass is 350 g/mol. The van der Waals surface area contributed by atoms with Crippen molar-refractivity contribution in [2.24, 2.45) is 5.92 Å². The molecule has 1 amide bonds. The van der Waals surface area contributed by atoms with Crippen molar-refractivity contribution < 1.29 is 4.79 Å². The van der Waals surface area contributed by atoms with Crippen molar-refractivity contribution in [3.63, 3.8) is 0 Å². The first-order valence-corrected chi connectivity index (χ1v) is 9.74. The normalized spacial score (nSPS) is 17.2. The molecule has 0 saturated carbocycles. The van der Waals surface area contributed by atoms with Gasteiger partial charge in [-0.15, -0.1) is 0 Å². The Balaban J connectivity index is 1.78. The highest BCUT2D eigenvalue weighted by molar-refractivity contribution is 5.95. The molecule has 0 radical (unpaired) electrons. The lowest BCUT2D eigenvalue weighted by Crippen LogP contribution is -2.41. The van der Waals surface area contributed by atoms with Crippen LogP contribution in [0.2, 0.25) is 0 Å². The highest BCUT2D eigenvalue weighted by Gasteiger charge is 2.30. The lowest BCUT2D eigenvalue weighted by Gasteiger charge is -2.36. The van der Waals surface area contributed by atoms with Gasteiger partial charge in [-0.2, -0.15) is 0 Å². The smallest absolute Gasteiger partial charge is 0.246 e. The van der Waals surface area contributed by atoms with E-state index in [1.54, 1.807) is 0 Å². The third kappa shape index (κ3) is 4.53. The summed E-state index contributed by atoms with van der Waals surface area (Å²) in [5.74, 6) is 1.30. The second-order valence-corrected chi connectivity index (χ2v) is 7.80. The van der Waals surface area contributed by atoms with Gasteiger partial charge in [-0.25, -0.2) is 0 Å². The molecule has 1 fully saturated rings. The number of piperidine rings is 1. The minimum absolute atomic E-state index is 0.0584. The summed E-state index contributed by atoms with van der Waals surface area (Å²) >= 11 is 0. The van der Waals surface area contributed by atoms with E-state index in [-0.39, 0.29) is 11.9 Å². The van der Waals surface area contributed by atoms with Crippen LogP contribution in [-0.2, 0) is 4.79 Å². The maximum Gasteiger partial charge on any atom is 0.246 e. The maximum absolute atomic E-state index is 13.2. The van der Waals surface area contributed by atoms with E-state index in [4.69, 9.17) is 0 Å². The van der Waals surface area contributed by atoms with Gasteiger partial charge in [0.25, 0.3) is 0 Å². The molecule has 0 unspecified atom stereocenters. The first kappa shape index (κ1) is 18.7. The van der Waals surface area contributed by atoms with Gasteiger partial charge in [-0.3, -0.25) is 9.69 Å². The van der Waals surface area contributed by atoms with E-state index in [1.807, 2.05) is 30.3 Å². The molecule has 1 atom stereocenters. The van der Waals surface area contributed by atoms with Crippen LogP contribution in [0.5, 0.6) is 0 Å². The Morgan fingerprint density at radius 3 is 2.15 bits per heavy atom. The Morgan fingerprint density at radius 1 is 0.962 bits per heavy atom. The molecule has 0 bridgehead atoms. The van der Waals surface area contributed by atoms with Crippen LogP contribution in [0.1, 0.15) is 56.7 Å². The standard InChI is InChI=1S/C23H30N2O/c1-17(2)19-9-11-21(12-10-19)24-23(26)22(20-7-5-4-6-8-20)25-15-13-18(3)14-16-25/h4-12,17-18,22H,13-16H2,1-3H3,(H,24,26)/t22-/m1/s1. The van der Waals surface area contributed by atoms with Crippen LogP contribution in [-0.4, -0.2) is 23.9 Å². The van der Waals surface area contributed by atoms with Gasteiger partial charge in [0.15, 0.2) is 0 Å². The molecule has 3 heteroatoms. The number of likely N-dealkylation sites (tertiary alicyclic amines) is 1. The predicted molar refractivity (Wildman–Crippen MR) is 108 cm³/mol. The molecular formula is C23H30N2O. The van der Waals surface area contributed by atoms with Gasteiger partial charge in [-0.1, -0.05) is 63.2 Å². The molecule has 0 aliphatic carbocycles. The third-order valence-electron chi connectivity index (χ3n) is 5.39. The van der Waals surface area contributed by atoms with Crippen molar-refractivity contribution in [2.45, 2.75) is 45.6 Å². The zero-order chi connectivity index (χ0) is 18.5. The van der Waals surface area contributed by atoms with E-state index in [1.165, 1.54) is 5.56 Å². The highest BCUT2D eigenvalue weighted by atomic mass is 16.2. The Morgan fingerprint density at radius 2 is 1.58 bits per heavy atom. The third-order valence-corrected chi connectivity index (χ3v) is 5.39. The van der Waals surface area contributed by atoms with Gasteiger partial charge >= 0.3 is 0 Å². The van der Waals surface area contributed by atoms with Gasteiger partial charge in [-0.05, 0) is 61.0 Å². The number of amides is 1. The summed E-state index contributed by atoms with van der Waals surface area (Å²) in [6.07, 6.45) is 2.30. The van der Waals surface area contributed by atoms with Crippen molar-refractivity contribution in [1.82, 2.24) is 4.90 Å². The molecule has 1 heterocycles. The summed E-state index contributed by atoms with van der Waals surface area (Å²) in [7, 11) is 0. The number of carbonyl (C=O) groups excluding carboxylic acids is 1. The van der Waals surface area contributed by atoms with Crippen LogP contribution < -0.4 is 5.32 Å². The first-order valence-electron chi connectivity index (χ1n) is 9.74. The quantitative estimate of drug-likeness (QED) is 0.801. The number of nitrogens with zero attached hydrogens (tertiary/aromatic N) is 1. The van der Waals surface area contributed by atoms with Crippen molar-refractivity contribution >= 4 is 11.6 Å². The van der Waals surface area contributed by atoms with Crippen LogP contribution in [0.4, 0.5) is 5.69 Å². The predicted octanol–water partition coefficient (Wildman–Crippen LogP) is 5.22. The summed E-state index contributed by atoms with van der Waals surface area (Å²) in [4.78, 5) is 15.5. The summed E-state index contributed by atoms with van der Waals surface area (Å²) in [5, 5.41) is 3.13. The zero-order valence-electron chi connectivity index (χ0n) is 16.1. The lowest BCUT2D eigenvalue weighted by atomic mass is 9.95. The van der Waals surface area contributed by atoms with Gasteiger partial charge in [0.05, 0.1) is 0 Å². The molecule has 0 spiro atoms. The summed E-state index contributed by atoms with van der Waals surface area (Å²) < 4.78 is 0. The van der Waals surface area contributed by atoms with E-state index in [0.29, 0.717) is 5.92 Å². The molecular weight excluding hydrogens is 320 g/mol. The minimum Gasteiger partial charge on any atom is -0.324 e. The van der Waals surface area contributed by atoms with Crippen molar-refractivity contribution in [2.75, 3.05) is 18.4 Å². The second-order valence-electron chi connectivity index (χ2n) is 7.80. The van der Waals surface area contributed by atoms with Gasteiger partial charge in [0, 0.05) is 5.69 Å². The number of benzene rings is 2. The average Bonchev–Trinajstić information content (AvgIpc) is 2.65. The molecule has 1 N–H and O–H groups in total. The number of anilines is 1. The fourth-order valence-electron chi connectivity index (χ4n) is 3.61. The van der Waals surface area contributed by atoms with E-state index < -0.39 is 0 Å². The maximum atomic E-state index is 13.2. The number of nitrogens with one attached hydrogen (secondary N) is 1. The topological polar surface area (TPSA) is 32.3 Å². The fraction of sp³-hybridized carbons (Fsp3) is 0.435. The summed E-state index contributed by atoms with van der Waals surface area (Å²) in [6.45, 7) is 8.60. The summed E-state index contributed by atoms with van der Waals surface area (Å²) in [6, 6.07) is 18.1. The molecule has 1 aliphatic heterocycles. The van der Waals surface area contributed by atoms with Crippen molar-refractivity contribution in [3.8, 4) is 0 Å². The van der Waals surface area contributed by atoms with Crippen LogP contribution in [0, 0.1) is 5.92 Å². The molecule has 138 valence electrons. The molecule has 2 aromatic rings. The number of hydrogen-bond acceptors (Lipinski definition) is 2. The molecule has 1 saturated heterocycles. The Kier molecular flexibility index (Phi) is 6.10. The molecule has 2 aromatic carbocycles. The van der Waals surface area contributed by atoms with Crippen LogP contribution >= 0.6 is 0 Å². The van der Waals surface area contributed by atoms with Crippen LogP contribution in [0.3, 0.4) is 0 Å². The SMILES string of the molecule is CC1CCN([C@@H](C(=O)Nc2ccc(C(C)C)cc2)c2ccccc2)CC1. The van der Waals surface area contributed by atoms with Gasteiger partial charge < -0.3 is 5.32 Å². The second kappa shape index (κ2) is 8.50. The Hall–Kier alpha value is -2.13. The lowest BCUT2D eigenvalue weighted by molar-refractivity contribution is -0.122. The largest absolute Gasteiger partial charge is 0.324 e. The Bertz CT molecular complexity index is 701. The van der Waals surface area contributed by atoms with Crippen molar-refractivity contribution in [3.05, 3.63) is 65.7 Å². The molecule has 1 aliphatic rings. The van der Waals surface area contributed by atoms with Crippen LogP contribution in [0.15, 0.2) is 54.6 Å². The van der Waals surface area contributed by atoms with E-state index in [2.05, 4.69) is 55.3 Å². The molecule has 26 heavy (non-hydrogen) atoms. The van der Waals surface area contributed by atoms with Gasteiger partial charge in [0.2, 0.25) is 5.91 Å².